The van der Waals surface area contributed by atoms with Crippen LogP contribution >= 0.6 is 0 Å². The van der Waals surface area contributed by atoms with Gasteiger partial charge in [-0.2, -0.15) is 0 Å². The van der Waals surface area contributed by atoms with Crippen LogP contribution in [0.5, 0.6) is 0 Å². The summed E-state index contributed by atoms with van der Waals surface area (Å²) in [7, 11) is 0. The summed E-state index contributed by atoms with van der Waals surface area (Å²) in [6.07, 6.45) is 0. The highest BCUT2D eigenvalue weighted by molar-refractivity contribution is 6.39. The first-order valence-corrected chi connectivity index (χ1v) is 21.7. The van der Waals surface area contributed by atoms with E-state index in [2.05, 4.69) is 174 Å². The van der Waals surface area contributed by atoms with Crippen molar-refractivity contribution >= 4 is 86.8 Å². The SMILES string of the molecule is c1ccc(-c2nc(-c3ccc(-n4c5cccc6c7cc(-c8cccc9oc%10ccccc%10c89)ccc7c7c8ccccc8cc4c7c65)cc3)nc(-c3ccc4ccccc4c3)n2)cc1. The van der Waals surface area contributed by atoms with Crippen LogP contribution in [0.4, 0.5) is 0 Å². The van der Waals surface area contributed by atoms with E-state index >= 15 is 0 Å². The molecule has 14 aromatic rings. The van der Waals surface area contributed by atoms with E-state index in [-0.39, 0.29) is 0 Å². The Morgan fingerprint density at radius 1 is 0.312 bits per heavy atom. The zero-order valence-corrected chi connectivity index (χ0v) is 34.3. The Balaban J connectivity index is 0.967. The summed E-state index contributed by atoms with van der Waals surface area (Å²) in [5.74, 6) is 1.91. The molecule has 0 amide bonds. The summed E-state index contributed by atoms with van der Waals surface area (Å²) >= 11 is 0. The molecule has 0 aliphatic heterocycles. The molecule has 0 N–H and O–H groups in total. The molecule has 0 atom stereocenters. The summed E-state index contributed by atoms with van der Waals surface area (Å²) in [5, 5.41) is 14.6. The molecule has 0 spiro atoms. The third-order valence-corrected chi connectivity index (χ3v) is 13.2. The molecule has 0 saturated heterocycles. The molecule has 14 rings (SSSR count). The predicted molar refractivity (Wildman–Crippen MR) is 264 cm³/mol. The van der Waals surface area contributed by atoms with Crippen molar-refractivity contribution in [2.45, 2.75) is 0 Å². The minimum atomic E-state index is 0.629. The van der Waals surface area contributed by atoms with Crippen LogP contribution in [0.25, 0.3) is 138 Å². The van der Waals surface area contributed by atoms with Crippen LogP contribution in [-0.4, -0.2) is 19.5 Å². The molecule has 0 aliphatic carbocycles. The van der Waals surface area contributed by atoms with Crippen LogP contribution in [0, 0.1) is 0 Å². The molecule has 0 bridgehead atoms. The highest BCUT2D eigenvalue weighted by Crippen LogP contribution is 2.48. The minimum Gasteiger partial charge on any atom is -0.456 e. The second kappa shape index (κ2) is 13.4. The molecule has 0 aliphatic rings. The van der Waals surface area contributed by atoms with Gasteiger partial charge in [0, 0.05) is 49.3 Å². The zero-order valence-electron chi connectivity index (χ0n) is 34.3. The molecule has 5 nitrogen and oxygen atoms in total. The third-order valence-electron chi connectivity index (χ3n) is 13.2. The standard InChI is InChI=1S/C59H34N4O/c1-2-13-36(14-3-1)57-60-58(62-59(61-57)41-25-24-35-12-4-5-15-38(35)32-41)37-26-29-42(30-27-37)63-49-21-10-20-45-48-33-40(43-19-11-23-52-53(43)47-18-8-9-22-51(47)64-52)28-31-46(48)54-44-17-7-6-16-39(44)34-50(63)56(54)55(45)49/h1-34H. The van der Waals surface area contributed by atoms with E-state index in [4.69, 9.17) is 19.4 Å². The largest absolute Gasteiger partial charge is 0.456 e. The average molecular weight is 815 g/mol. The highest BCUT2D eigenvalue weighted by atomic mass is 16.3. The van der Waals surface area contributed by atoms with Crippen LogP contribution in [0.1, 0.15) is 0 Å². The van der Waals surface area contributed by atoms with Crippen LogP contribution < -0.4 is 0 Å². The van der Waals surface area contributed by atoms with Crippen molar-refractivity contribution < 1.29 is 4.42 Å². The van der Waals surface area contributed by atoms with Gasteiger partial charge in [0.2, 0.25) is 0 Å². The second-order valence-corrected chi connectivity index (χ2v) is 16.7. The van der Waals surface area contributed by atoms with Gasteiger partial charge in [-0.3, -0.25) is 0 Å². The summed E-state index contributed by atoms with van der Waals surface area (Å²) in [4.78, 5) is 15.2. The van der Waals surface area contributed by atoms with Gasteiger partial charge in [0.05, 0.1) is 11.0 Å². The Kier molecular flexibility index (Phi) is 7.33. The zero-order chi connectivity index (χ0) is 41.9. The van der Waals surface area contributed by atoms with E-state index in [1.165, 1.54) is 70.6 Å². The summed E-state index contributed by atoms with van der Waals surface area (Å²) in [5.41, 5.74) is 10.4. The van der Waals surface area contributed by atoms with Crippen molar-refractivity contribution in [2.75, 3.05) is 0 Å². The lowest BCUT2D eigenvalue weighted by atomic mass is 9.89. The maximum atomic E-state index is 6.33. The topological polar surface area (TPSA) is 56.7 Å². The molecule has 0 radical (unpaired) electrons. The van der Waals surface area contributed by atoms with Crippen molar-refractivity contribution in [2.24, 2.45) is 0 Å². The van der Waals surface area contributed by atoms with Crippen molar-refractivity contribution in [1.29, 1.82) is 0 Å². The quantitative estimate of drug-likeness (QED) is 0.162. The molecule has 0 saturated carbocycles. The van der Waals surface area contributed by atoms with Gasteiger partial charge in [-0.1, -0.05) is 146 Å². The molecule has 5 heteroatoms. The fourth-order valence-electron chi connectivity index (χ4n) is 10.3. The maximum absolute atomic E-state index is 6.33. The van der Waals surface area contributed by atoms with Crippen molar-refractivity contribution in [3.05, 3.63) is 206 Å². The Labute approximate surface area is 366 Å². The van der Waals surface area contributed by atoms with Gasteiger partial charge < -0.3 is 8.98 Å². The van der Waals surface area contributed by atoms with Gasteiger partial charge in [-0.05, 0) is 109 Å². The molecule has 0 unspecified atom stereocenters. The first kappa shape index (κ1) is 35.0. The smallest absolute Gasteiger partial charge is 0.164 e. The van der Waals surface area contributed by atoms with E-state index in [1.807, 2.05) is 36.4 Å². The summed E-state index contributed by atoms with van der Waals surface area (Å²) in [6.45, 7) is 0. The first-order valence-electron chi connectivity index (χ1n) is 21.7. The molecule has 0 fully saturated rings. The van der Waals surface area contributed by atoms with Crippen LogP contribution in [0.3, 0.4) is 0 Å². The molecular weight excluding hydrogens is 781 g/mol. The van der Waals surface area contributed by atoms with Gasteiger partial charge in [0.25, 0.3) is 0 Å². The second-order valence-electron chi connectivity index (χ2n) is 16.7. The molecular formula is C59H34N4O. The lowest BCUT2D eigenvalue weighted by molar-refractivity contribution is 0.669. The van der Waals surface area contributed by atoms with Crippen LogP contribution in [0.15, 0.2) is 211 Å². The Hall–Kier alpha value is -8.67. The number of benzene rings is 11. The Bertz CT molecular complexity index is 4180. The lowest BCUT2D eigenvalue weighted by Gasteiger charge is -2.13. The number of fused-ring (bicyclic) bond motifs is 9. The number of hydrogen-bond donors (Lipinski definition) is 0. The van der Waals surface area contributed by atoms with Crippen molar-refractivity contribution in [1.82, 2.24) is 19.5 Å². The summed E-state index contributed by atoms with van der Waals surface area (Å²) in [6, 6.07) is 73.3. The molecule has 296 valence electrons. The van der Waals surface area contributed by atoms with Crippen molar-refractivity contribution in [3.8, 4) is 51.0 Å². The average Bonchev–Trinajstić information content (AvgIpc) is 3.91. The highest BCUT2D eigenvalue weighted by Gasteiger charge is 2.23. The third kappa shape index (κ3) is 5.15. The van der Waals surface area contributed by atoms with Gasteiger partial charge in [0.1, 0.15) is 11.2 Å². The van der Waals surface area contributed by atoms with Gasteiger partial charge in [-0.25, -0.2) is 15.0 Å². The predicted octanol–water partition coefficient (Wildman–Crippen LogP) is 15.6. The Morgan fingerprint density at radius 2 is 0.938 bits per heavy atom. The van der Waals surface area contributed by atoms with Crippen molar-refractivity contribution in [3.63, 3.8) is 0 Å². The normalized spacial score (nSPS) is 12.1. The monoisotopic (exact) mass is 814 g/mol. The van der Waals surface area contributed by atoms with Gasteiger partial charge in [-0.15, -0.1) is 0 Å². The number of para-hydroxylation sites is 1. The number of hydrogen-bond acceptors (Lipinski definition) is 4. The molecule has 11 aromatic carbocycles. The van der Waals surface area contributed by atoms with E-state index < -0.39 is 0 Å². The number of aromatic nitrogens is 4. The van der Waals surface area contributed by atoms with Crippen LogP contribution in [0.2, 0.25) is 0 Å². The van der Waals surface area contributed by atoms with E-state index in [0.717, 1.165) is 49.7 Å². The lowest BCUT2D eigenvalue weighted by Crippen LogP contribution is -2.00. The fraction of sp³-hybridized carbons (Fsp3) is 0. The van der Waals surface area contributed by atoms with E-state index in [0.29, 0.717) is 17.5 Å². The van der Waals surface area contributed by atoms with E-state index in [1.54, 1.807) is 0 Å². The molecule has 3 aromatic heterocycles. The number of rotatable bonds is 5. The van der Waals surface area contributed by atoms with E-state index in [9.17, 15) is 0 Å². The molecule has 64 heavy (non-hydrogen) atoms. The Morgan fingerprint density at radius 3 is 1.78 bits per heavy atom. The summed E-state index contributed by atoms with van der Waals surface area (Å²) < 4.78 is 8.76. The van der Waals surface area contributed by atoms with Gasteiger partial charge >= 0.3 is 0 Å². The van der Waals surface area contributed by atoms with Crippen LogP contribution in [-0.2, 0) is 0 Å². The first-order chi connectivity index (χ1) is 31.7. The van der Waals surface area contributed by atoms with Gasteiger partial charge in [0.15, 0.2) is 17.5 Å². The number of furan rings is 1. The minimum absolute atomic E-state index is 0.629. The fourth-order valence-corrected chi connectivity index (χ4v) is 10.3. The maximum Gasteiger partial charge on any atom is 0.164 e. The molecule has 3 heterocycles. The number of nitrogens with zero attached hydrogens (tertiary/aromatic N) is 4.